The van der Waals surface area contributed by atoms with Gasteiger partial charge in [-0.1, -0.05) is 96.6 Å². The van der Waals surface area contributed by atoms with Crippen LogP contribution in [0.25, 0.3) is 0 Å². The second-order valence-electron chi connectivity index (χ2n) is 7.25. The highest BCUT2D eigenvalue weighted by molar-refractivity contribution is 14.1. The smallest absolute Gasteiger partial charge is 0.123 e. The summed E-state index contributed by atoms with van der Waals surface area (Å²) in [6.45, 7) is 3.30. The summed E-state index contributed by atoms with van der Waals surface area (Å²) >= 11 is 2.60. The maximum absolute atomic E-state index is 3.65. The van der Waals surface area contributed by atoms with E-state index in [1.54, 1.807) is 0 Å². The van der Waals surface area contributed by atoms with Crippen LogP contribution in [0.15, 0.2) is 84.9 Å². The summed E-state index contributed by atoms with van der Waals surface area (Å²) in [6, 6.07) is 29.7. The molecular formula is C25H30IN3. The second kappa shape index (κ2) is 11.2. The molecule has 0 heterocycles. The Kier molecular flexibility index (Phi) is 8.38. The first-order valence-corrected chi connectivity index (χ1v) is 11.5. The quantitative estimate of drug-likeness (QED) is 0.167. The molecular weight excluding hydrogens is 469 g/mol. The third-order valence-corrected chi connectivity index (χ3v) is 6.87. The fraction of sp³-hybridized carbons (Fsp3) is 0.280. The molecule has 0 amide bonds. The zero-order chi connectivity index (χ0) is 20.5. The van der Waals surface area contributed by atoms with E-state index in [-0.39, 0.29) is 6.17 Å². The van der Waals surface area contributed by atoms with E-state index in [1.165, 1.54) is 11.1 Å². The lowest BCUT2D eigenvalue weighted by molar-refractivity contribution is 0.484. The van der Waals surface area contributed by atoms with Gasteiger partial charge < -0.3 is 16.0 Å². The molecule has 3 aromatic carbocycles. The van der Waals surface area contributed by atoms with Gasteiger partial charge in [-0.05, 0) is 54.9 Å². The molecule has 0 aliphatic carbocycles. The zero-order valence-electron chi connectivity index (χ0n) is 17.1. The molecule has 2 unspecified atom stereocenters. The van der Waals surface area contributed by atoms with Crippen LogP contribution in [0.2, 0.25) is 0 Å². The average molecular weight is 499 g/mol. The van der Waals surface area contributed by atoms with Crippen molar-refractivity contribution >= 4 is 34.0 Å². The van der Waals surface area contributed by atoms with Crippen LogP contribution in [0.3, 0.4) is 0 Å². The fourth-order valence-corrected chi connectivity index (χ4v) is 4.65. The Morgan fingerprint density at radius 1 is 0.759 bits per heavy atom. The number of benzene rings is 3. The van der Waals surface area contributed by atoms with Crippen LogP contribution in [-0.4, -0.2) is 13.6 Å². The molecule has 152 valence electrons. The lowest BCUT2D eigenvalue weighted by atomic mass is 9.95. The number of hydrogen-bond acceptors (Lipinski definition) is 3. The Hall–Kier alpha value is -2.05. The summed E-state index contributed by atoms with van der Waals surface area (Å²) in [7, 11) is 2.03. The highest BCUT2D eigenvalue weighted by atomic mass is 127. The van der Waals surface area contributed by atoms with Gasteiger partial charge >= 0.3 is 0 Å². The van der Waals surface area contributed by atoms with Gasteiger partial charge in [0.15, 0.2) is 0 Å². The van der Waals surface area contributed by atoms with Gasteiger partial charge in [0.1, 0.15) is 6.17 Å². The van der Waals surface area contributed by atoms with Gasteiger partial charge in [0.25, 0.3) is 0 Å². The number of alkyl halides is 1. The Labute approximate surface area is 188 Å². The van der Waals surface area contributed by atoms with E-state index in [0.717, 1.165) is 24.3 Å². The van der Waals surface area contributed by atoms with Gasteiger partial charge in [-0.15, -0.1) is 0 Å². The summed E-state index contributed by atoms with van der Waals surface area (Å²) in [5.41, 5.74) is 4.80. The first-order chi connectivity index (χ1) is 14.2. The van der Waals surface area contributed by atoms with E-state index in [9.17, 15) is 0 Å². The molecule has 3 aromatic rings. The normalized spacial score (nSPS) is 13.1. The number of halogens is 1. The minimum absolute atomic E-state index is 0.0206. The Balaban J connectivity index is 1.88. The van der Waals surface area contributed by atoms with Crippen molar-refractivity contribution in [3.05, 3.63) is 96.1 Å². The summed E-state index contributed by atoms with van der Waals surface area (Å²) in [5, 5.41) is 10.6. The summed E-state index contributed by atoms with van der Waals surface area (Å²) in [4.78, 5) is 0. The predicted molar refractivity (Wildman–Crippen MR) is 134 cm³/mol. The molecule has 0 aliphatic rings. The van der Waals surface area contributed by atoms with Gasteiger partial charge in [0.05, 0.1) is 0 Å². The van der Waals surface area contributed by atoms with Crippen LogP contribution in [-0.2, 0) is 0 Å². The van der Waals surface area contributed by atoms with Crippen molar-refractivity contribution in [2.75, 3.05) is 24.2 Å². The first kappa shape index (κ1) is 21.7. The van der Waals surface area contributed by atoms with Gasteiger partial charge in [-0.25, -0.2) is 0 Å². The molecule has 4 heteroatoms. The molecule has 29 heavy (non-hydrogen) atoms. The van der Waals surface area contributed by atoms with Crippen molar-refractivity contribution in [1.29, 1.82) is 0 Å². The molecule has 0 saturated heterocycles. The van der Waals surface area contributed by atoms with Crippen molar-refractivity contribution in [2.45, 2.75) is 23.4 Å². The largest absolute Gasteiger partial charge is 0.362 e. The van der Waals surface area contributed by atoms with Crippen LogP contribution < -0.4 is 16.0 Å². The van der Waals surface area contributed by atoms with Gasteiger partial charge in [0.2, 0.25) is 0 Å². The number of para-hydroxylation sites is 2. The number of hydrogen-bond donors (Lipinski definition) is 3. The molecule has 0 aromatic heterocycles. The monoisotopic (exact) mass is 499 g/mol. The van der Waals surface area contributed by atoms with Crippen LogP contribution >= 0.6 is 22.6 Å². The van der Waals surface area contributed by atoms with Crippen LogP contribution in [0.4, 0.5) is 11.4 Å². The first-order valence-electron chi connectivity index (χ1n) is 10.2. The molecule has 0 spiro atoms. The molecule has 0 saturated carbocycles. The highest BCUT2D eigenvalue weighted by Crippen LogP contribution is 2.35. The van der Waals surface area contributed by atoms with Crippen LogP contribution in [0, 0.1) is 5.92 Å². The van der Waals surface area contributed by atoms with E-state index in [4.69, 9.17) is 0 Å². The molecule has 0 bridgehead atoms. The van der Waals surface area contributed by atoms with E-state index in [0.29, 0.717) is 9.84 Å². The summed E-state index contributed by atoms with van der Waals surface area (Å²) in [5.74, 6) is 0.610. The van der Waals surface area contributed by atoms with Gasteiger partial charge in [0, 0.05) is 15.3 Å². The van der Waals surface area contributed by atoms with E-state index in [2.05, 4.69) is 118 Å². The van der Waals surface area contributed by atoms with E-state index >= 15 is 0 Å². The Bertz CT molecular complexity index is 813. The lowest BCUT2D eigenvalue weighted by Gasteiger charge is -2.26. The number of rotatable bonds is 10. The second-order valence-corrected chi connectivity index (χ2v) is 8.59. The number of nitrogens with one attached hydrogen (secondary N) is 3. The maximum atomic E-state index is 3.65. The van der Waals surface area contributed by atoms with E-state index < -0.39 is 0 Å². The van der Waals surface area contributed by atoms with Gasteiger partial charge in [-0.3, -0.25) is 0 Å². The Morgan fingerprint density at radius 2 is 1.31 bits per heavy atom. The minimum Gasteiger partial charge on any atom is -0.362 e. The zero-order valence-corrected chi connectivity index (χ0v) is 19.3. The van der Waals surface area contributed by atoms with Crippen LogP contribution in [0.5, 0.6) is 0 Å². The third-order valence-electron chi connectivity index (χ3n) is 5.14. The fourth-order valence-electron chi connectivity index (χ4n) is 3.50. The topological polar surface area (TPSA) is 36.1 Å². The van der Waals surface area contributed by atoms with Crippen LogP contribution in [0.1, 0.15) is 34.6 Å². The van der Waals surface area contributed by atoms with Crippen molar-refractivity contribution in [1.82, 2.24) is 5.32 Å². The predicted octanol–water partition coefficient (Wildman–Crippen LogP) is 6.63. The Morgan fingerprint density at radius 3 is 1.83 bits per heavy atom. The average Bonchev–Trinajstić information content (AvgIpc) is 2.78. The molecule has 2 atom stereocenters. The SMILES string of the molecule is CCC(CNC)C(I)c1cccc(C(Nc2ccccc2)Nc2ccccc2)c1. The lowest BCUT2D eigenvalue weighted by Crippen LogP contribution is -2.22. The highest BCUT2D eigenvalue weighted by Gasteiger charge is 2.20. The molecule has 0 radical (unpaired) electrons. The minimum atomic E-state index is -0.0206. The standard InChI is InChI=1S/C25H30IN3/c1-3-19(18-27-2)24(26)20-11-10-12-21(17-20)25(28-22-13-6-4-7-14-22)29-23-15-8-5-9-16-23/h4-17,19,24-25,27-29H,3,18H2,1-2H3. The molecule has 3 nitrogen and oxygen atoms in total. The van der Waals surface area contributed by atoms with Gasteiger partial charge in [-0.2, -0.15) is 0 Å². The number of anilines is 2. The van der Waals surface area contributed by atoms with E-state index in [1.807, 2.05) is 19.2 Å². The molecule has 3 N–H and O–H groups in total. The summed E-state index contributed by atoms with van der Waals surface area (Å²) in [6.07, 6.45) is 1.14. The van der Waals surface area contributed by atoms with Crippen molar-refractivity contribution in [3.63, 3.8) is 0 Å². The maximum Gasteiger partial charge on any atom is 0.123 e. The molecule has 3 rings (SSSR count). The third kappa shape index (κ3) is 6.21. The van der Waals surface area contributed by atoms with Crippen molar-refractivity contribution in [2.24, 2.45) is 5.92 Å². The molecule has 0 aliphatic heterocycles. The van der Waals surface area contributed by atoms with Crippen molar-refractivity contribution in [3.8, 4) is 0 Å². The molecule has 0 fully saturated rings. The summed E-state index contributed by atoms with van der Waals surface area (Å²) < 4.78 is 0.471. The van der Waals surface area contributed by atoms with Crippen molar-refractivity contribution < 1.29 is 0 Å².